The second-order valence-electron chi connectivity index (χ2n) is 16.4. The van der Waals surface area contributed by atoms with E-state index in [1.165, 1.54) is 64.2 Å². The van der Waals surface area contributed by atoms with E-state index >= 15 is 0 Å². The molecule has 0 radical (unpaired) electrons. The van der Waals surface area contributed by atoms with Crippen molar-refractivity contribution >= 4 is 100 Å². The maximum Gasteiger partial charge on any atom is 0.179 e. The van der Waals surface area contributed by atoms with Gasteiger partial charge in [-0.05, 0) is 113 Å². The smallest absolute Gasteiger partial charge is 0.179 e. The molecule has 0 saturated carbocycles. The van der Waals surface area contributed by atoms with Gasteiger partial charge in [-0.15, -0.1) is 0 Å². The van der Waals surface area contributed by atoms with E-state index in [1.54, 1.807) is 0 Å². The van der Waals surface area contributed by atoms with Crippen LogP contribution in [0.25, 0.3) is 65.4 Å². The van der Waals surface area contributed by atoms with Crippen molar-refractivity contribution in [3.8, 4) is 11.1 Å². The van der Waals surface area contributed by atoms with Crippen LogP contribution in [0.15, 0.2) is 253 Å². The van der Waals surface area contributed by atoms with Gasteiger partial charge in [-0.2, -0.15) is 0 Å². The average Bonchev–Trinajstić information content (AvgIpc) is 3.74. The highest BCUT2D eigenvalue weighted by atomic mass is 28.3. The third kappa shape index (κ3) is 6.08. The van der Waals surface area contributed by atoms with Gasteiger partial charge in [-0.25, -0.2) is 0 Å². The van der Waals surface area contributed by atoms with Crippen molar-refractivity contribution in [2.75, 3.05) is 4.90 Å². The Kier molecular flexibility index (Phi) is 8.87. The Morgan fingerprint density at radius 3 is 1.16 bits per heavy atom. The summed E-state index contributed by atoms with van der Waals surface area (Å²) in [5, 5.41) is 15.2. The van der Waals surface area contributed by atoms with E-state index in [4.69, 9.17) is 4.42 Å². The number of para-hydroxylation sites is 1. The van der Waals surface area contributed by atoms with E-state index in [0.717, 1.165) is 39.0 Å². The van der Waals surface area contributed by atoms with Gasteiger partial charge in [-0.3, -0.25) is 0 Å². The Labute approximate surface area is 367 Å². The van der Waals surface area contributed by atoms with Crippen LogP contribution >= 0.6 is 0 Å². The van der Waals surface area contributed by atoms with Crippen molar-refractivity contribution < 1.29 is 4.42 Å². The first-order valence-electron chi connectivity index (χ1n) is 21.7. The Balaban J connectivity index is 0.990. The molecule has 63 heavy (non-hydrogen) atoms. The minimum Gasteiger partial charge on any atom is -0.456 e. The molecule has 1 aromatic heterocycles. The first-order chi connectivity index (χ1) is 31.2. The summed E-state index contributed by atoms with van der Waals surface area (Å²) in [6, 6.07) is 91.2. The first-order valence-corrected chi connectivity index (χ1v) is 23.7. The maximum atomic E-state index is 6.30. The summed E-state index contributed by atoms with van der Waals surface area (Å²) in [5.74, 6) is 0. The van der Waals surface area contributed by atoms with Crippen LogP contribution in [0, 0.1) is 0 Å². The molecule has 0 unspecified atom stereocenters. The number of hydrogen-bond acceptors (Lipinski definition) is 2. The minimum absolute atomic E-state index is 0.883. The van der Waals surface area contributed by atoms with Gasteiger partial charge >= 0.3 is 0 Å². The second kappa shape index (κ2) is 15.2. The highest BCUT2D eigenvalue weighted by Gasteiger charge is 2.41. The van der Waals surface area contributed by atoms with Crippen LogP contribution in [0.1, 0.15) is 0 Å². The fraction of sp³-hybridized carbons (Fsp3) is 0. The van der Waals surface area contributed by atoms with E-state index in [-0.39, 0.29) is 0 Å². The summed E-state index contributed by atoms with van der Waals surface area (Å²) in [5.41, 5.74) is 7.38. The lowest BCUT2D eigenvalue weighted by molar-refractivity contribution is 0.669. The minimum atomic E-state index is -2.62. The van der Waals surface area contributed by atoms with Crippen LogP contribution in [-0.2, 0) is 0 Å². The molecule has 0 amide bonds. The lowest BCUT2D eigenvalue weighted by Crippen LogP contribution is -2.74. The molecule has 0 fully saturated rings. The average molecular weight is 820 g/mol. The third-order valence-corrected chi connectivity index (χ3v) is 17.8. The molecule has 0 bridgehead atoms. The van der Waals surface area contributed by atoms with Crippen molar-refractivity contribution in [1.29, 1.82) is 0 Å². The summed E-state index contributed by atoms with van der Waals surface area (Å²) in [6.07, 6.45) is 0. The zero-order chi connectivity index (χ0) is 41.7. The van der Waals surface area contributed by atoms with Gasteiger partial charge in [0.2, 0.25) is 0 Å². The molecule has 0 spiro atoms. The van der Waals surface area contributed by atoms with E-state index in [0.29, 0.717) is 0 Å². The van der Waals surface area contributed by atoms with Crippen LogP contribution in [0.3, 0.4) is 0 Å². The Hall–Kier alpha value is -7.98. The third-order valence-electron chi connectivity index (χ3n) is 13.0. The fourth-order valence-electron chi connectivity index (χ4n) is 10.1. The first kappa shape index (κ1) is 36.8. The molecule has 0 atom stereocenters. The molecule has 0 N–H and O–H groups in total. The molecule has 12 rings (SSSR count). The van der Waals surface area contributed by atoms with Gasteiger partial charge in [0.15, 0.2) is 8.07 Å². The predicted octanol–water partition coefficient (Wildman–Crippen LogP) is 13.6. The van der Waals surface area contributed by atoms with Crippen molar-refractivity contribution in [1.82, 2.24) is 0 Å². The molecule has 0 aliphatic rings. The summed E-state index contributed by atoms with van der Waals surface area (Å²) in [4.78, 5) is 2.39. The number of fused-ring (bicyclic) bond motifs is 9. The zero-order valence-corrected chi connectivity index (χ0v) is 35.5. The van der Waals surface area contributed by atoms with Gasteiger partial charge in [0.05, 0.1) is 0 Å². The summed E-state index contributed by atoms with van der Waals surface area (Å²) in [6.45, 7) is 0. The molecule has 0 aliphatic carbocycles. The molecule has 0 aliphatic heterocycles. The quantitative estimate of drug-likeness (QED) is 0.0863. The number of hydrogen-bond donors (Lipinski definition) is 0. The molecule has 3 heteroatoms. The molecule has 1 heterocycles. The number of benzene rings is 11. The van der Waals surface area contributed by atoms with Gasteiger partial charge in [-0.1, -0.05) is 200 Å². The standard InChI is InChI=1S/C60H41NOSi/c1-4-16-47(17-5-1)63(48-18-6-2-7-19-48,49-20-8-3-9-21-49)50-36-30-43(31-37-50)42-28-32-44(33-29-42)61(46-35-39-60-58(41-46)56-26-14-15-27-59(56)62-60)45-34-38-55-53-24-11-10-22-51(53)52-23-12-13-25-54(52)57(55)40-45/h1-41H. The highest BCUT2D eigenvalue weighted by molar-refractivity contribution is 7.19. The van der Waals surface area contributed by atoms with Gasteiger partial charge in [0, 0.05) is 27.8 Å². The lowest BCUT2D eigenvalue weighted by Gasteiger charge is -2.34. The van der Waals surface area contributed by atoms with Crippen LogP contribution < -0.4 is 25.6 Å². The lowest BCUT2D eigenvalue weighted by atomic mass is 9.94. The Bertz CT molecular complexity index is 3470. The molecule has 2 nitrogen and oxygen atoms in total. The normalized spacial score (nSPS) is 11.8. The van der Waals surface area contributed by atoms with Crippen LogP contribution in [-0.4, -0.2) is 8.07 Å². The van der Waals surface area contributed by atoms with E-state index < -0.39 is 8.07 Å². The van der Waals surface area contributed by atoms with Gasteiger partial charge in [0.25, 0.3) is 0 Å². The summed E-state index contributed by atoms with van der Waals surface area (Å²) >= 11 is 0. The maximum absolute atomic E-state index is 6.30. The fourth-order valence-corrected chi connectivity index (χ4v) is 14.9. The summed E-state index contributed by atoms with van der Waals surface area (Å²) < 4.78 is 6.30. The Morgan fingerprint density at radius 1 is 0.254 bits per heavy atom. The SMILES string of the molecule is c1ccc([Si](c2ccccc2)(c2ccccc2)c2ccc(-c3ccc(N(c4ccc5oc6ccccc6c5c4)c4ccc5c6ccccc6c6ccccc6c5c4)cc3)cc2)cc1. The van der Waals surface area contributed by atoms with Crippen molar-refractivity contribution in [2.45, 2.75) is 0 Å². The predicted molar refractivity (Wildman–Crippen MR) is 270 cm³/mol. The number of furan rings is 1. The van der Waals surface area contributed by atoms with Crippen LogP contribution in [0.5, 0.6) is 0 Å². The van der Waals surface area contributed by atoms with Crippen molar-refractivity contribution in [2.24, 2.45) is 0 Å². The van der Waals surface area contributed by atoms with E-state index in [2.05, 4.69) is 241 Å². The van der Waals surface area contributed by atoms with Crippen LogP contribution in [0.4, 0.5) is 17.1 Å². The van der Waals surface area contributed by atoms with E-state index in [1.807, 2.05) is 12.1 Å². The number of nitrogens with zero attached hydrogens (tertiary/aromatic N) is 1. The zero-order valence-electron chi connectivity index (χ0n) is 34.5. The van der Waals surface area contributed by atoms with Gasteiger partial charge in [0.1, 0.15) is 11.2 Å². The largest absolute Gasteiger partial charge is 0.456 e. The molecule has 296 valence electrons. The molecular formula is C60H41NOSi. The Morgan fingerprint density at radius 2 is 0.619 bits per heavy atom. The topological polar surface area (TPSA) is 16.4 Å². The van der Waals surface area contributed by atoms with Crippen molar-refractivity contribution in [3.63, 3.8) is 0 Å². The molecule has 12 aromatic rings. The molecule has 11 aromatic carbocycles. The van der Waals surface area contributed by atoms with E-state index in [9.17, 15) is 0 Å². The van der Waals surface area contributed by atoms with Gasteiger partial charge < -0.3 is 9.32 Å². The number of rotatable bonds is 8. The summed E-state index contributed by atoms with van der Waals surface area (Å²) in [7, 11) is -2.62. The molecular weight excluding hydrogens is 779 g/mol. The van der Waals surface area contributed by atoms with Crippen molar-refractivity contribution in [3.05, 3.63) is 249 Å². The molecule has 0 saturated heterocycles. The highest BCUT2D eigenvalue weighted by Crippen LogP contribution is 2.42. The number of anilines is 3. The van der Waals surface area contributed by atoms with Crippen LogP contribution in [0.2, 0.25) is 0 Å². The monoisotopic (exact) mass is 819 g/mol. The second-order valence-corrected chi connectivity index (χ2v) is 20.2.